The van der Waals surface area contributed by atoms with Gasteiger partial charge in [0.2, 0.25) is 10.0 Å². The van der Waals surface area contributed by atoms with Crippen LogP contribution in [0.2, 0.25) is 0 Å². The van der Waals surface area contributed by atoms with E-state index in [9.17, 15) is 8.42 Å². The van der Waals surface area contributed by atoms with Crippen molar-refractivity contribution in [2.45, 2.75) is 39.0 Å². The van der Waals surface area contributed by atoms with Crippen molar-refractivity contribution in [3.8, 4) is 0 Å². The van der Waals surface area contributed by atoms with Crippen LogP contribution in [-0.2, 0) is 22.3 Å². The van der Waals surface area contributed by atoms with Crippen LogP contribution in [0.3, 0.4) is 0 Å². The molecule has 2 N–H and O–H groups in total. The van der Waals surface area contributed by atoms with E-state index in [0.29, 0.717) is 5.56 Å². The summed E-state index contributed by atoms with van der Waals surface area (Å²) in [6.45, 7) is 4.71. The van der Waals surface area contributed by atoms with E-state index < -0.39 is 10.0 Å². The van der Waals surface area contributed by atoms with E-state index in [1.54, 1.807) is 17.8 Å². The van der Waals surface area contributed by atoms with E-state index in [-0.39, 0.29) is 5.75 Å². The van der Waals surface area contributed by atoms with Crippen LogP contribution in [0.4, 0.5) is 0 Å². The molecule has 5 nitrogen and oxygen atoms in total. The summed E-state index contributed by atoms with van der Waals surface area (Å²) >= 11 is 0. The van der Waals surface area contributed by atoms with Crippen LogP contribution >= 0.6 is 0 Å². The van der Waals surface area contributed by atoms with Gasteiger partial charge in [-0.25, -0.2) is 13.6 Å². The highest BCUT2D eigenvalue weighted by Crippen LogP contribution is 2.09. The van der Waals surface area contributed by atoms with E-state index in [0.717, 1.165) is 25.1 Å². The van der Waals surface area contributed by atoms with E-state index in [1.165, 1.54) is 0 Å². The molecule has 0 fully saturated rings. The molecular weight excluding hydrogens is 214 g/mol. The molecule has 0 unspecified atom stereocenters. The highest BCUT2D eigenvalue weighted by Gasteiger charge is 2.11. The number of aromatic nitrogens is 2. The number of nitrogens with two attached hydrogens (primary N) is 1. The Bertz CT molecular complexity index is 423. The number of hydrogen-bond donors (Lipinski definition) is 1. The maximum Gasteiger partial charge on any atom is 0.213 e. The molecule has 15 heavy (non-hydrogen) atoms. The van der Waals surface area contributed by atoms with Crippen LogP contribution in [0.25, 0.3) is 0 Å². The van der Waals surface area contributed by atoms with Gasteiger partial charge in [0.15, 0.2) is 0 Å². The van der Waals surface area contributed by atoms with Gasteiger partial charge in [0, 0.05) is 18.3 Å². The maximum absolute atomic E-state index is 10.9. The largest absolute Gasteiger partial charge is 0.272 e. The number of primary sulfonamides is 1. The van der Waals surface area contributed by atoms with E-state index in [2.05, 4.69) is 12.0 Å². The first-order valence-electron chi connectivity index (χ1n) is 4.96. The zero-order chi connectivity index (χ0) is 11.5. The summed E-state index contributed by atoms with van der Waals surface area (Å²) in [5.41, 5.74) is 1.42. The summed E-state index contributed by atoms with van der Waals surface area (Å²) in [7, 11) is -3.46. The van der Waals surface area contributed by atoms with Gasteiger partial charge in [-0.3, -0.25) is 4.68 Å². The topological polar surface area (TPSA) is 78.0 Å². The summed E-state index contributed by atoms with van der Waals surface area (Å²) in [6.07, 6.45) is 3.88. The van der Waals surface area contributed by atoms with Crippen LogP contribution in [0.5, 0.6) is 0 Å². The minimum absolute atomic E-state index is 0.134. The molecule has 0 spiro atoms. The molecule has 0 atom stereocenters. The molecule has 0 bridgehead atoms. The summed E-state index contributed by atoms with van der Waals surface area (Å²) in [4.78, 5) is 0. The molecule has 0 aliphatic carbocycles. The lowest BCUT2D eigenvalue weighted by Gasteiger charge is -1.97. The lowest BCUT2D eigenvalue weighted by Crippen LogP contribution is -2.14. The fourth-order valence-corrected chi connectivity index (χ4v) is 2.07. The predicted molar refractivity (Wildman–Crippen MR) is 58.7 cm³/mol. The van der Waals surface area contributed by atoms with Crippen molar-refractivity contribution in [1.29, 1.82) is 0 Å². The monoisotopic (exact) mass is 231 g/mol. The summed E-state index contributed by atoms with van der Waals surface area (Å²) in [5.74, 6) is -0.134. The van der Waals surface area contributed by atoms with Crippen molar-refractivity contribution in [3.63, 3.8) is 0 Å². The molecule has 6 heteroatoms. The quantitative estimate of drug-likeness (QED) is 0.813. The first kappa shape index (κ1) is 12.2. The molecule has 86 valence electrons. The van der Waals surface area contributed by atoms with Crippen molar-refractivity contribution in [3.05, 3.63) is 17.5 Å². The van der Waals surface area contributed by atoms with Crippen molar-refractivity contribution >= 4 is 10.0 Å². The van der Waals surface area contributed by atoms with E-state index in [4.69, 9.17) is 5.14 Å². The molecule has 0 amide bonds. The van der Waals surface area contributed by atoms with Crippen molar-refractivity contribution in [2.75, 3.05) is 0 Å². The van der Waals surface area contributed by atoms with Gasteiger partial charge in [-0.2, -0.15) is 5.10 Å². The normalized spacial score (nSPS) is 11.9. The number of nitrogens with zero attached hydrogens (tertiary/aromatic N) is 2. The molecule has 1 aromatic heterocycles. The molecular formula is C9H17N3O2S. The highest BCUT2D eigenvalue weighted by molar-refractivity contribution is 7.88. The number of hydrogen-bond acceptors (Lipinski definition) is 3. The van der Waals surface area contributed by atoms with Gasteiger partial charge in [0.1, 0.15) is 0 Å². The third-order valence-corrected chi connectivity index (χ3v) is 2.86. The molecule has 0 aliphatic rings. The molecule has 0 aromatic carbocycles. The fourth-order valence-electron chi connectivity index (χ4n) is 1.35. The zero-order valence-corrected chi connectivity index (χ0v) is 9.92. The number of sulfonamides is 1. The molecule has 0 radical (unpaired) electrons. The minimum atomic E-state index is -3.46. The van der Waals surface area contributed by atoms with Gasteiger partial charge in [-0.05, 0) is 13.3 Å². The molecule has 1 heterocycles. The second-order valence-electron chi connectivity index (χ2n) is 3.66. The van der Waals surface area contributed by atoms with Gasteiger partial charge in [0.05, 0.1) is 11.4 Å². The number of rotatable bonds is 5. The standard InChI is InChI=1S/C9H17N3O2S/c1-3-4-5-12-6-9(8(2)11-12)7-15(10,13)14/h6H,3-5,7H2,1-2H3,(H2,10,13,14). The van der Waals surface area contributed by atoms with Crippen LogP contribution in [0.1, 0.15) is 31.0 Å². The SMILES string of the molecule is CCCCn1cc(CS(N)(=O)=O)c(C)n1. The Hall–Kier alpha value is -0.880. The number of unbranched alkanes of at least 4 members (excludes halogenated alkanes) is 1. The van der Waals surface area contributed by atoms with E-state index >= 15 is 0 Å². The van der Waals surface area contributed by atoms with Crippen LogP contribution < -0.4 is 5.14 Å². The average molecular weight is 231 g/mol. The molecule has 0 aliphatic heterocycles. The van der Waals surface area contributed by atoms with Crippen molar-refractivity contribution in [2.24, 2.45) is 5.14 Å². The first-order chi connectivity index (χ1) is 6.92. The average Bonchev–Trinajstić information content (AvgIpc) is 2.41. The Morgan fingerprint density at radius 3 is 2.73 bits per heavy atom. The number of aryl methyl sites for hydroxylation is 2. The van der Waals surface area contributed by atoms with Gasteiger partial charge < -0.3 is 0 Å². The second kappa shape index (κ2) is 4.76. The van der Waals surface area contributed by atoms with Crippen LogP contribution in [0.15, 0.2) is 6.20 Å². The van der Waals surface area contributed by atoms with Gasteiger partial charge in [0.25, 0.3) is 0 Å². The van der Waals surface area contributed by atoms with Crippen LogP contribution in [0, 0.1) is 6.92 Å². The maximum atomic E-state index is 10.9. The Morgan fingerprint density at radius 1 is 1.53 bits per heavy atom. The lowest BCUT2D eigenvalue weighted by molar-refractivity contribution is 0.568. The van der Waals surface area contributed by atoms with Crippen molar-refractivity contribution < 1.29 is 8.42 Å². The zero-order valence-electron chi connectivity index (χ0n) is 9.10. The van der Waals surface area contributed by atoms with Crippen molar-refractivity contribution in [1.82, 2.24) is 9.78 Å². The highest BCUT2D eigenvalue weighted by atomic mass is 32.2. The second-order valence-corrected chi connectivity index (χ2v) is 5.28. The Morgan fingerprint density at radius 2 is 2.20 bits per heavy atom. The molecule has 1 aromatic rings. The molecule has 0 saturated carbocycles. The third kappa shape index (κ3) is 4.01. The minimum Gasteiger partial charge on any atom is -0.272 e. The molecule has 1 rings (SSSR count). The fraction of sp³-hybridized carbons (Fsp3) is 0.667. The summed E-state index contributed by atoms with van der Waals surface area (Å²) in [5, 5.41) is 9.21. The van der Waals surface area contributed by atoms with Gasteiger partial charge >= 0.3 is 0 Å². The summed E-state index contributed by atoms with van der Waals surface area (Å²) < 4.78 is 23.6. The van der Waals surface area contributed by atoms with Gasteiger partial charge in [-0.15, -0.1) is 0 Å². The lowest BCUT2D eigenvalue weighted by atomic mass is 10.3. The predicted octanol–water partition coefficient (Wildman–Crippen LogP) is 0.780. The summed E-state index contributed by atoms with van der Waals surface area (Å²) in [6, 6.07) is 0. The first-order valence-corrected chi connectivity index (χ1v) is 6.67. The Labute approximate surface area is 90.3 Å². The van der Waals surface area contributed by atoms with E-state index in [1.807, 2.05) is 0 Å². The smallest absolute Gasteiger partial charge is 0.213 e. The Balaban J connectivity index is 2.77. The third-order valence-electron chi connectivity index (χ3n) is 2.15. The van der Waals surface area contributed by atoms with Gasteiger partial charge in [-0.1, -0.05) is 13.3 Å². The Kier molecular flexibility index (Phi) is 3.87. The molecule has 0 saturated heterocycles. The van der Waals surface area contributed by atoms with Crippen LogP contribution in [-0.4, -0.2) is 18.2 Å².